The van der Waals surface area contributed by atoms with Gasteiger partial charge in [0.05, 0.1) is 0 Å². The van der Waals surface area contributed by atoms with E-state index in [4.69, 9.17) is 0 Å². The molecule has 0 amide bonds. The van der Waals surface area contributed by atoms with Crippen LogP contribution in [0.25, 0.3) is 0 Å². The van der Waals surface area contributed by atoms with E-state index in [0.717, 1.165) is 0 Å². The van der Waals surface area contributed by atoms with Gasteiger partial charge in [-0.1, -0.05) is 41.5 Å². The zero-order valence-corrected chi connectivity index (χ0v) is 9.62. The van der Waals surface area contributed by atoms with Crippen LogP contribution in [0, 0.1) is 16.2 Å². The van der Waals surface area contributed by atoms with Crippen molar-refractivity contribution in [3.05, 3.63) is 0 Å². The van der Waals surface area contributed by atoms with Crippen LogP contribution in [0.4, 0.5) is 0 Å². The molecular weight excluding hydrogens is 144 g/mol. The van der Waals surface area contributed by atoms with Gasteiger partial charge in [0.1, 0.15) is 0 Å². The third-order valence-corrected chi connectivity index (χ3v) is 4.69. The van der Waals surface area contributed by atoms with Crippen LogP contribution in [0.5, 0.6) is 0 Å². The standard InChI is InChI=1S/C12H24/c1-7-12(6,10(2,3)4)11(5)8-9-11/h7-9H2,1-6H3. The minimum absolute atomic E-state index is 0.451. The first-order chi connectivity index (χ1) is 5.27. The zero-order chi connectivity index (χ0) is 9.62. The summed E-state index contributed by atoms with van der Waals surface area (Å²) in [6.07, 6.45) is 4.19. The maximum absolute atomic E-state index is 2.47. The van der Waals surface area contributed by atoms with Crippen molar-refractivity contribution in [1.29, 1.82) is 0 Å². The second-order valence-corrected chi connectivity index (χ2v) is 6.00. The molecule has 0 aliphatic heterocycles. The lowest BCUT2D eigenvalue weighted by Gasteiger charge is -2.47. The fourth-order valence-corrected chi connectivity index (χ4v) is 2.60. The second kappa shape index (κ2) is 2.49. The summed E-state index contributed by atoms with van der Waals surface area (Å²) in [5.41, 5.74) is 1.62. The van der Waals surface area contributed by atoms with E-state index in [1.807, 2.05) is 0 Å². The molecule has 1 rings (SSSR count). The van der Waals surface area contributed by atoms with E-state index < -0.39 is 0 Å². The van der Waals surface area contributed by atoms with Crippen molar-refractivity contribution < 1.29 is 0 Å². The van der Waals surface area contributed by atoms with Crippen LogP contribution < -0.4 is 0 Å². The molecule has 1 aliphatic rings. The minimum Gasteiger partial charge on any atom is -0.0648 e. The molecule has 1 saturated carbocycles. The summed E-state index contributed by atoms with van der Waals surface area (Å²) in [5.74, 6) is 0. The third kappa shape index (κ3) is 1.20. The molecule has 1 fully saturated rings. The molecule has 12 heavy (non-hydrogen) atoms. The molecule has 0 nitrogen and oxygen atoms in total. The van der Waals surface area contributed by atoms with E-state index in [-0.39, 0.29) is 0 Å². The summed E-state index contributed by atoms with van der Waals surface area (Å²) in [4.78, 5) is 0. The molecule has 0 radical (unpaired) electrons. The smallest absolute Gasteiger partial charge is 0.0226 e. The van der Waals surface area contributed by atoms with E-state index in [1.165, 1.54) is 19.3 Å². The van der Waals surface area contributed by atoms with Crippen molar-refractivity contribution in [2.24, 2.45) is 16.2 Å². The lowest BCUT2D eigenvalue weighted by Crippen LogP contribution is -2.39. The summed E-state index contributed by atoms with van der Waals surface area (Å²) >= 11 is 0. The Hall–Kier alpha value is 0. The van der Waals surface area contributed by atoms with Gasteiger partial charge in [-0.05, 0) is 35.5 Å². The average molecular weight is 168 g/mol. The molecule has 0 aromatic heterocycles. The van der Waals surface area contributed by atoms with Crippen molar-refractivity contribution in [1.82, 2.24) is 0 Å². The number of rotatable bonds is 2. The normalized spacial score (nSPS) is 26.5. The Labute approximate surface area is 77.7 Å². The van der Waals surface area contributed by atoms with Crippen LogP contribution in [-0.4, -0.2) is 0 Å². The number of hydrogen-bond donors (Lipinski definition) is 0. The van der Waals surface area contributed by atoms with E-state index in [0.29, 0.717) is 16.2 Å². The van der Waals surface area contributed by atoms with Gasteiger partial charge in [0, 0.05) is 0 Å². The van der Waals surface area contributed by atoms with E-state index in [9.17, 15) is 0 Å². The van der Waals surface area contributed by atoms with Crippen molar-refractivity contribution in [3.63, 3.8) is 0 Å². The molecule has 0 aromatic rings. The Morgan fingerprint density at radius 2 is 1.50 bits per heavy atom. The van der Waals surface area contributed by atoms with Crippen LogP contribution in [0.1, 0.15) is 60.8 Å². The Balaban J connectivity index is 2.90. The summed E-state index contributed by atoms with van der Waals surface area (Å²) in [6, 6.07) is 0. The Kier molecular flexibility index (Phi) is 2.10. The quantitative estimate of drug-likeness (QED) is 0.578. The molecule has 1 unspecified atom stereocenters. The van der Waals surface area contributed by atoms with E-state index in [2.05, 4.69) is 41.5 Å². The van der Waals surface area contributed by atoms with Crippen LogP contribution in [0.2, 0.25) is 0 Å². The van der Waals surface area contributed by atoms with Crippen LogP contribution in [-0.2, 0) is 0 Å². The molecule has 0 heterocycles. The van der Waals surface area contributed by atoms with Gasteiger partial charge in [0.2, 0.25) is 0 Å². The predicted octanol–water partition coefficient (Wildman–Crippen LogP) is 4.25. The highest BCUT2D eigenvalue weighted by molar-refractivity contribution is 5.06. The predicted molar refractivity (Wildman–Crippen MR) is 55.2 cm³/mol. The average Bonchev–Trinajstić information content (AvgIpc) is 2.65. The summed E-state index contributed by atoms with van der Waals surface area (Å²) in [7, 11) is 0. The van der Waals surface area contributed by atoms with Gasteiger partial charge in [-0.3, -0.25) is 0 Å². The molecular formula is C12H24. The SMILES string of the molecule is CCC(C)(C(C)(C)C)C1(C)CC1. The molecule has 1 atom stereocenters. The van der Waals surface area contributed by atoms with Gasteiger partial charge in [-0.15, -0.1) is 0 Å². The molecule has 0 aromatic carbocycles. The first-order valence-corrected chi connectivity index (χ1v) is 5.27. The topological polar surface area (TPSA) is 0 Å². The lowest BCUT2D eigenvalue weighted by atomic mass is 9.58. The van der Waals surface area contributed by atoms with Crippen LogP contribution >= 0.6 is 0 Å². The van der Waals surface area contributed by atoms with Gasteiger partial charge in [0.25, 0.3) is 0 Å². The first kappa shape index (κ1) is 10.1. The van der Waals surface area contributed by atoms with Gasteiger partial charge < -0.3 is 0 Å². The molecule has 0 bridgehead atoms. The summed E-state index contributed by atoms with van der Waals surface area (Å²) < 4.78 is 0. The highest BCUT2D eigenvalue weighted by Crippen LogP contribution is 2.65. The highest BCUT2D eigenvalue weighted by Gasteiger charge is 2.56. The maximum Gasteiger partial charge on any atom is -0.0226 e. The molecule has 0 saturated heterocycles. The Morgan fingerprint density at radius 3 is 1.58 bits per heavy atom. The minimum atomic E-state index is 0.451. The van der Waals surface area contributed by atoms with E-state index in [1.54, 1.807) is 0 Å². The zero-order valence-electron chi connectivity index (χ0n) is 9.62. The second-order valence-electron chi connectivity index (χ2n) is 6.00. The van der Waals surface area contributed by atoms with Crippen molar-refractivity contribution in [3.8, 4) is 0 Å². The monoisotopic (exact) mass is 168 g/mol. The molecule has 0 heteroatoms. The van der Waals surface area contributed by atoms with Gasteiger partial charge in [0.15, 0.2) is 0 Å². The van der Waals surface area contributed by atoms with Crippen molar-refractivity contribution in [2.75, 3.05) is 0 Å². The third-order valence-electron chi connectivity index (χ3n) is 4.69. The summed E-state index contributed by atoms with van der Waals surface area (Å²) in [5, 5.41) is 0. The fraction of sp³-hybridized carbons (Fsp3) is 1.00. The molecule has 0 spiro atoms. The van der Waals surface area contributed by atoms with Gasteiger partial charge in [-0.2, -0.15) is 0 Å². The van der Waals surface area contributed by atoms with Gasteiger partial charge in [-0.25, -0.2) is 0 Å². The van der Waals surface area contributed by atoms with Crippen molar-refractivity contribution in [2.45, 2.75) is 60.8 Å². The van der Waals surface area contributed by atoms with Crippen LogP contribution in [0.15, 0.2) is 0 Å². The van der Waals surface area contributed by atoms with Gasteiger partial charge >= 0.3 is 0 Å². The van der Waals surface area contributed by atoms with Crippen LogP contribution in [0.3, 0.4) is 0 Å². The first-order valence-electron chi connectivity index (χ1n) is 5.27. The lowest BCUT2D eigenvalue weighted by molar-refractivity contribution is 0.0225. The largest absolute Gasteiger partial charge is 0.0648 e. The van der Waals surface area contributed by atoms with Crippen molar-refractivity contribution >= 4 is 0 Å². The number of hydrogen-bond acceptors (Lipinski definition) is 0. The Bertz CT molecular complexity index is 162. The molecule has 1 aliphatic carbocycles. The fourth-order valence-electron chi connectivity index (χ4n) is 2.60. The molecule has 72 valence electrons. The molecule has 0 N–H and O–H groups in total. The summed E-state index contributed by atoms with van der Waals surface area (Å²) in [6.45, 7) is 14.4. The Morgan fingerprint density at radius 1 is 1.08 bits per heavy atom. The highest BCUT2D eigenvalue weighted by atomic mass is 14.6. The maximum atomic E-state index is 2.47. The van der Waals surface area contributed by atoms with E-state index >= 15 is 0 Å².